The molecule has 1 fully saturated rings. The molecule has 7 nitrogen and oxygen atoms in total. The fraction of sp³-hybridized carbons (Fsp3) is 0.364. The Labute approximate surface area is 210 Å². The Kier molecular flexibility index (Phi) is 8.16. The molecule has 0 radical (unpaired) electrons. The first-order valence-electron chi connectivity index (χ1n) is 10.5. The predicted molar refractivity (Wildman–Crippen MR) is 134 cm³/mol. The van der Waals surface area contributed by atoms with Gasteiger partial charge in [-0.1, -0.05) is 46.1 Å². The number of thiazole rings is 1. The van der Waals surface area contributed by atoms with Crippen LogP contribution >= 0.6 is 46.1 Å². The third-order valence-electron chi connectivity index (χ3n) is 5.20. The number of fused-ring (bicyclic) bond motifs is 1. The van der Waals surface area contributed by atoms with E-state index in [4.69, 9.17) is 44.3 Å². The number of urea groups is 1. The van der Waals surface area contributed by atoms with E-state index in [0.717, 1.165) is 43.1 Å². The van der Waals surface area contributed by atoms with Crippen molar-refractivity contribution in [3.05, 3.63) is 51.0 Å². The number of hydrogen-bond acceptors (Lipinski definition) is 6. The molecule has 4 rings (SSSR count). The summed E-state index contributed by atoms with van der Waals surface area (Å²) in [4.78, 5) is 19.0. The van der Waals surface area contributed by atoms with E-state index >= 15 is 0 Å². The third-order valence-corrected chi connectivity index (χ3v) is 7.28. The van der Waals surface area contributed by atoms with E-state index in [-0.39, 0.29) is 6.03 Å². The van der Waals surface area contributed by atoms with E-state index in [0.29, 0.717) is 38.1 Å². The summed E-state index contributed by atoms with van der Waals surface area (Å²) < 4.78 is 12.3. The maximum absolute atomic E-state index is 12.2. The fourth-order valence-corrected chi connectivity index (χ4v) is 5.24. The highest BCUT2D eigenvalue weighted by atomic mass is 35.5. The molecule has 0 spiro atoms. The number of nitrogens with one attached hydrogen (secondary N) is 2. The normalized spacial score (nSPS) is 15.4. The second kappa shape index (κ2) is 11.1. The van der Waals surface area contributed by atoms with Gasteiger partial charge in [-0.2, -0.15) is 0 Å². The minimum absolute atomic E-state index is 0.280. The first kappa shape index (κ1) is 24.3. The largest absolute Gasteiger partial charge is 0.486 e. The summed E-state index contributed by atoms with van der Waals surface area (Å²) in [5, 5.41) is 7.47. The van der Waals surface area contributed by atoms with E-state index in [1.807, 2.05) is 25.1 Å². The highest BCUT2D eigenvalue weighted by Gasteiger charge is 2.18. The number of hydrogen-bond donors (Lipinski definition) is 2. The zero-order chi connectivity index (χ0) is 23.4. The molecule has 2 amide bonds. The van der Waals surface area contributed by atoms with Crippen LogP contribution in [0.15, 0.2) is 30.3 Å². The van der Waals surface area contributed by atoms with Gasteiger partial charge in [-0.05, 0) is 37.3 Å². The SMILES string of the molecule is CC(Oc1ccc2nc(NC(=O)NCCN3CCOCC3)sc2c1)c1c(Cl)ccc(Cl)c1Cl. The molecule has 2 aromatic carbocycles. The highest BCUT2D eigenvalue weighted by Crippen LogP contribution is 2.38. The number of amides is 2. The quantitative estimate of drug-likeness (QED) is 0.376. The van der Waals surface area contributed by atoms with Crippen molar-refractivity contribution in [2.45, 2.75) is 13.0 Å². The van der Waals surface area contributed by atoms with Crippen LogP contribution in [0.4, 0.5) is 9.93 Å². The summed E-state index contributed by atoms with van der Waals surface area (Å²) in [6, 6.07) is 8.60. The number of halogens is 3. The summed E-state index contributed by atoms with van der Waals surface area (Å²) in [7, 11) is 0. The van der Waals surface area contributed by atoms with Crippen molar-refractivity contribution in [1.29, 1.82) is 0 Å². The van der Waals surface area contributed by atoms with Crippen LogP contribution < -0.4 is 15.4 Å². The molecule has 1 aliphatic heterocycles. The maximum atomic E-state index is 12.2. The monoisotopic (exact) mass is 528 g/mol. The van der Waals surface area contributed by atoms with Gasteiger partial charge in [-0.3, -0.25) is 10.2 Å². The molecule has 0 bridgehead atoms. The number of anilines is 1. The molecule has 3 aromatic rings. The lowest BCUT2D eigenvalue weighted by atomic mass is 10.1. The molecule has 2 N–H and O–H groups in total. The van der Waals surface area contributed by atoms with E-state index in [1.165, 1.54) is 11.3 Å². The van der Waals surface area contributed by atoms with Crippen molar-refractivity contribution >= 4 is 67.5 Å². The van der Waals surface area contributed by atoms with Crippen LogP contribution in [0.3, 0.4) is 0 Å². The number of aromatic nitrogens is 1. The summed E-state index contributed by atoms with van der Waals surface area (Å²) >= 11 is 20.1. The number of nitrogens with zero attached hydrogens (tertiary/aromatic N) is 2. The molecular weight excluding hydrogens is 507 g/mol. The van der Waals surface area contributed by atoms with Gasteiger partial charge < -0.3 is 14.8 Å². The van der Waals surface area contributed by atoms with Crippen LogP contribution in [0.2, 0.25) is 15.1 Å². The van der Waals surface area contributed by atoms with Gasteiger partial charge in [0.05, 0.1) is 33.5 Å². The van der Waals surface area contributed by atoms with Gasteiger partial charge >= 0.3 is 6.03 Å². The van der Waals surface area contributed by atoms with Crippen molar-refractivity contribution < 1.29 is 14.3 Å². The van der Waals surface area contributed by atoms with Gasteiger partial charge in [0.25, 0.3) is 0 Å². The number of benzene rings is 2. The summed E-state index contributed by atoms with van der Waals surface area (Å²) in [6.45, 7) is 6.45. The van der Waals surface area contributed by atoms with Gasteiger partial charge in [-0.25, -0.2) is 9.78 Å². The molecule has 1 aromatic heterocycles. The molecule has 33 heavy (non-hydrogen) atoms. The van der Waals surface area contributed by atoms with Crippen LogP contribution in [0.1, 0.15) is 18.6 Å². The van der Waals surface area contributed by atoms with Gasteiger partial charge in [0.1, 0.15) is 11.9 Å². The highest BCUT2D eigenvalue weighted by molar-refractivity contribution is 7.22. The van der Waals surface area contributed by atoms with Crippen molar-refractivity contribution in [3.8, 4) is 5.75 Å². The van der Waals surface area contributed by atoms with E-state index < -0.39 is 6.10 Å². The van der Waals surface area contributed by atoms with E-state index in [2.05, 4.69) is 20.5 Å². The molecule has 1 saturated heterocycles. The topological polar surface area (TPSA) is 75.7 Å². The maximum Gasteiger partial charge on any atom is 0.321 e. The van der Waals surface area contributed by atoms with Crippen LogP contribution in [-0.4, -0.2) is 55.3 Å². The number of rotatable bonds is 7. The van der Waals surface area contributed by atoms with Gasteiger partial charge in [-0.15, -0.1) is 0 Å². The zero-order valence-electron chi connectivity index (χ0n) is 17.9. The van der Waals surface area contributed by atoms with Crippen molar-refractivity contribution in [1.82, 2.24) is 15.2 Å². The Bertz CT molecular complexity index is 1140. The van der Waals surface area contributed by atoms with Crippen LogP contribution in [0.5, 0.6) is 5.75 Å². The lowest BCUT2D eigenvalue weighted by Gasteiger charge is -2.26. The second-order valence-electron chi connectivity index (χ2n) is 7.50. The number of ether oxygens (including phenoxy) is 2. The Hall–Kier alpha value is -1.81. The molecule has 1 aliphatic rings. The van der Waals surface area contributed by atoms with Crippen molar-refractivity contribution in [2.24, 2.45) is 0 Å². The number of carbonyl (C=O) groups is 1. The molecule has 176 valence electrons. The van der Waals surface area contributed by atoms with E-state index in [1.54, 1.807) is 12.1 Å². The van der Waals surface area contributed by atoms with Crippen molar-refractivity contribution in [3.63, 3.8) is 0 Å². The molecule has 0 aliphatic carbocycles. The lowest BCUT2D eigenvalue weighted by molar-refractivity contribution is 0.0388. The smallest absolute Gasteiger partial charge is 0.321 e. The summed E-state index contributed by atoms with van der Waals surface area (Å²) in [5.74, 6) is 0.632. The molecule has 1 unspecified atom stereocenters. The van der Waals surface area contributed by atoms with Crippen LogP contribution in [-0.2, 0) is 4.74 Å². The van der Waals surface area contributed by atoms with Crippen molar-refractivity contribution in [2.75, 3.05) is 44.7 Å². The third kappa shape index (κ3) is 6.20. The number of carbonyl (C=O) groups excluding carboxylic acids is 1. The standard InChI is InChI=1S/C22H23Cl3N4O3S/c1-13(19-15(23)3-4-16(24)20(19)25)32-14-2-5-17-18(12-14)33-22(27-17)28-21(30)26-6-7-29-8-10-31-11-9-29/h2-5,12-13H,6-11H2,1H3,(H2,26,27,28,30). The van der Waals surface area contributed by atoms with Gasteiger partial charge in [0.15, 0.2) is 5.13 Å². The summed E-state index contributed by atoms with van der Waals surface area (Å²) in [5.41, 5.74) is 1.40. The minimum Gasteiger partial charge on any atom is -0.486 e. The second-order valence-corrected chi connectivity index (χ2v) is 9.72. The van der Waals surface area contributed by atoms with Gasteiger partial charge in [0, 0.05) is 36.8 Å². The molecule has 0 saturated carbocycles. The van der Waals surface area contributed by atoms with Crippen LogP contribution in [0, 0.1) is 0 Å². The fourth-order valence-electron chi connectivity index (χ4n) is 3.50. The average molecular weight is 530 g/mol. The number of morpholine rings is 1. The minimum atomic E-state index is -0.413. The Balaban J connectivity index is 1.36. The summed E-state index contributed by atoms with van der Waals surface area (Å²) in [6.07, 6.45) is -0.413. The Morgan fingerprint density at radius 2 is 1.97 bits per heavy atom. The Morgan fingerprint density at radius 3 is 2.76 bits per heavy atom. The molecular formula is C22H23Cl3N4O3S. The molecule has 2 heterocycles. The lowest BCUT2D eigenvalue weighted by Crippen LogP contribution is -2.42. The molecule has 1 atom stereocenters. The Morgan fingerprint density at radius 1 is 1.21 bits per heavy atom. The first-order chi connectivity index (χ1) is 15.9. The van der Waals surface area contributed by atoms with E-state index in [9.17, 15) is 4.79 Å². The van der Waals surface area contributed by atoms with Gasteiger partial charge in [0.2, 0.25) is 0 Å². The molecule has 11 heteroatoms. The predicted octanol–water partition coefficient (Wildman–Crippen LogP) is 5.85. The first-order valence-corrected chi connectivity index (χ1v) is 12.4. The average Bonchev–Trinajstić information content (AvgIpc) is 3.18. The zero-order valence-corrected chi connectivity index (χ0v) is 21.0. The van der Waals surface area contributed by atoms with Crippen LogP contribution in [0.25, 0.3) is 10.2 Å².